The topological polar surface area (TPSA) is 62.6 Å². The van der Waals surface area contributed by atoms with Crippen LogP contribution in [0.3, 0.4) is 0 Å². The van der Waals surface area contributed by atoms with Crippen molar-refractivity contribution in [2.75, 3.05) is 45.2 Å². The monoisotopic (exact) mass is 400 g/mol. The van der Waals surface area contributed by atoms with Gasteiger partial charge in [-0.1, -0.05) is 23.9 Å². The Kier molecular flexibility index (Phi) is 7.28. The number of quaternary nitrogens is 1. The van der Waals surface area contributed by atoms with E-state index in [1.54, 1.807) is 11.8 Å². The van der Waals surface area contributed by atoms with E-state index in [9.17, 15) is 4.79 Å². The molecule has 2 N–H and O–H groups in total. The molecule has 1 aliphatic rings. The summed E-state index contributed by atoms with van der Waals surface area (Å²) in [4.78, 5) is 25.1. The lowest BCUT2D eigenvalue weighted by molar-refractivity contribution is -0.856. The average molecular weight is 401 g/mol. The fourth-order valence-electron chi connectivity index (χ4n) is 3.13. The molecule has 150 valence electrons. The summed E-state index contributed by atoms with van der Waals surface area (Å²) in [6, 6.07) is 9.87. The molecule has 1 amide bonds. The van der Waals surface area contributed by atoms with Gasteiger partial charge in [0.25, 0.3) is 5.91 Å². The number of aromatic nitrogens is 2. The highest BCUT2D eigenvalue weighted by molar-refractivity contribution is 7.98. The van der Waals surface area contributed by atoms with E-state index < -0.39 is 0 Å². The van der Waals surface area contributed by atoms with Crippen LogP contribution in [0.25, 0.3) is 0 Å². The van der Waals surface area contributed by atoms with Crippen molar-refractivity contribution >= 4 is 23.5 Å². The molecule has 0 aliphatic carbocycles. The fourth-order valence-corrected chi connectivity index (χ4v) is 3.98. The first-order chi connectivity index (χ1) is 13.5. The third kappa shape index (κ3) is 5.94. The van der Waals surface area contributed by atoms with Gasteiger partial charge in [-0.3, -0.25) is 4.79 Å². The molecule has 0 atom stereocenters. The van der Waals surface area contributed by atoms with Gasteiger partial charge in [-0.2, -0.15) is 0 Å². The maximum atomic E-state index is 12.2. The maximum absolute atomic E-state index is 12.2. The van der Waals surface area contributed by atoms with Gasteiger partial charge in [0, 0.05) is 36.2 Å². The summed E-state index contributed by atoms with van der Waals surface area (Å²) in [7, 11) is 4.15. The van der Waals surface area contributed by atoms with Crippen LogP contribution in [0, 0.1) is 6.92 Å². The molecule has 7 heteroatoms. The van der Waals surface area contributed by atoms with Crippen molar-refractivity contribution in [1.29, 1.82) is 0 Å². The number of thioether (sulfide) groups is 1. The number of carbonyl (C=O) groups is 1. The van der Waals surface area contributed by atoms with Gasteiger partial charge >= 0.3 is 0 Å². The molecular formula is C21H30N5OS+. The molecule has 6 nitrogen and oxygen atoms in total. The number of hydrogen-bond acceptors (Lipinski definition) is 5. The molecule has 1 fully saturated rings. The number of carbonyl (C=O) groups excluding carboxylic acids is 1. The lowest BCUT2D eigenvalue weighted by Gasteiger charge is -2.17. The SMILES string of the molecule is Cc1cc(N2CCCC2)nc(SCc2ccc(C(=O)NCC[NH+](C)C)cc2)n1. The maximum Gasteiger partial charge on any atom is 0.251 e. The highest BCUT2D eigenvalue weighted by Gasteiger charge is 2.15. The Labute approximate surface area is 171 Å². The summed E-state index contributed by atoms with van der Waals surface area (Å²) < 4.78 is 0. The van der Waals surface area contributed by atoms with Crippen LogP contribution in [0.1, 0.15) is 34.5 Å². The van der Waals surface area contributed by atoms with E-state index in [0.29, 0.717) is 12.1 Å². The molecule has 1 aliphatic heterocycles. The number of nitrogens with zero attached hydrogens (tertiary/aromatic N) is 3. The number of nitrogens with one attached hydrogen (secondary N) is 2. The Morgan fingerprint density at radius 3 is 2.57 bits per heavy atom. The van der Waals surface area contributed by atoms with Gasteiger partial charge in [0.05, 0.1) is 27.2 Å². The first-order valence-electron chi connectivity index (χ1n) is 9.91. The first kappa shape index (κ1) is 20.6. The third-order valence-electron chi connectivity index (χ3n) is 4.74. The Hall–Kier alpha value is -2.12. The second-order valence-corrected chi connectivity index (χ2v) is 8.49. The Morgan fingerprint density at radius 1 is 1.18 bits per heavy atom. The fraction of sp³-hybridized carbons (Fsp3) is 0.476. The molecule has 0 bridgehead atoms. The standard InChI is InChI=1S/C21H29N5OS/c1-16-14-19(26-11-4-5-12-26)24-21(23-16)28-15-17-6-8-18(9-7-17)20(27)22-10-13-25(2)3/h6-9,14H,4-5,10-13,15H2,1-3H3,(H,22,27)/p+1. The van der Waals surface area contributed by atoms with E-state index in [0.717, 1.165) is 47.6 Å². The van der Waals surface area contributed by atoms with Crippen molar-refractivity contribution in [1.82, 2.24) is 15.3 Å². The molecule has 1 saturated heterocycles. The second kappa shape index (κ2) is 9.89. The van der Waals surface area contributed by atoms with Crippen molar-refractivity contribution in [2.24, 2.45) is 0 Å². The number of aryl methyl sites for hydroxylation is 1. The van der Waals surface area contributed by atoms with Gasteiger partial charge in [0.15, 0.2) is 5.16 Å². The summed E-state index contributed by atoms with van der Waals surface area (Å²) in [5.41, 5.74) is 2.86. The van der Waals surface area contributed by atoms with Crippen LogP contribution in [0.2, 0.25) is 0 Å². The van der Waals surface area contributed by atoms with E-state index in [-0.39, 0.29) is 5.91 Å². The zero-order valence-electron chi connectivity index (χ0n) is 17.0. The zero-order chi connectivity index (χ0) is 19.9. The zero-order valence-corrected chi connectivity index (χ0v) is 17.8. The van der Waals surface area contributed by atoms with Gasteiger partial charge in [-0.15, -0.1) is 0 Å². The predicted molar refractivity (Wildman–Crippen MR) is 114 cm³/mol. The Morgan fingerprint density at radius 2 is 1.89 bits per heavy atom. The number of benzene rings is 1. The van der Waals surface area contributed by atoms with Crippen LogP contribution in [-0.4, -0.2) is 56.1 Å². The van der Waals surface area contributed by atoms with Crippen LogP contribution in [0.5, 0.6) is 0 Å². The minimum Gasteiger partial charge on any atom is -0.356 e. The highest BCUT2D eigenvalue weighted by Crippen LogP contribution is 2.24. The van der Waals surface area contributed by atoms with Crippen molar-refractivity contribution in [2.45, 2.75) is 30.7 Å². The van der Waals surface area contributed by atoms with Crippen LogP contribution < -0.4 is 15.1 Å². The van der Waals surface area contributed by atoms with Gasteiger partial charge in [-0.05, 0) is 37.5 Å². The summed E-state index contributed by atoms with van der Waals surface area (Å²) in [5, 5.41) is 3.77. The number of rotatable bonds is 8. The van der Waals surface area contributed by atoms with Crippen molar-refractivity contribution in [3.8, 4) is 0 Å². The molecule has 0 saturated carbocycles. The van der Waals surface area contributed by atoms with Gasteiger partial charge in [0.1, 0.15) is 5.82 Å². The molecule has 1 aromatic heterocycles. The quantitative estimate of drug-likeness (QED) is 0.520. The van der Waals surface area contributed by atoms with Gasteiger partial charge in [-0.25, -0.2) is 9.97 Å². The molecule has 0 unspecified atom stereocenters. The molecular weight excluding hydrogens is 370 g/mol. The van der Waals surface area contributed by atoms with Crippen LogP contribution in [0.4, 0.5) is 5.82 Å². The molecule has 0 spiro atoms. The Bertz CT molecular complexity index is 788. The lowest BCUT2D eigenvalue weighted by Crippen LogP contribution is -3.06. The molecule has 3 rings (SSSR count). The average Bonchev–Trinajstić information content (AvgIpc) is 3.21. The predicted octanol–water partition coefficient (Wildman–Crippen LogP) is 1.55. The lowest BCUT2D eigenvalue weighted by atomic mass is 10.1. The second-order valence-electron chi connectivity index (χ2n) is 7.54. The Balaban J connectivity index is 1.55. The van der Waals surface area contributed by atoms with Crippen molar-refractivity contribution in [3.05, 3.63) is 47.2 Å². The third-order valence-corrected chi connectivity index (χ3v) is 5.66. The van der Waals surface area contributed by atoms with Crippen LogP contribution in [-0.2, 0) is 5.75 Å². The van der Waals surface area contributed by atoms with E-state index in [1.807, 2.05) is 31.2 Å². The molecule has 0 radical (unpaired) electrons. The minimum absolute atomic E-state index is 0.0160. The van der Waals surface area contributed by atoms with Crippen LogP contribution >= 0.6 is 11.8 Å². The van der Waals surface area contributed by atoms with E-state index in [4.69, 9.17) is 4.98 Å². The number of amides is 1. The summed E-state index contributed by atoms with van der Waals surface area (Å²) in [6.07, 6.45) is 2.48. The normalized spacial score (nSPS) is 13.9. The number of likely N-dealkylation sites (N-methyl/N-ethyl adjacent to an activating group) is 1. The summed E-state index contributed by atoms with van der Waals surface area (Å²) in [5.74, 6) is 1.81. The molecule has 1 aromatic carbocycles. The van der Waals surface area contributed by atoms with Gasteiger partial charge in [0.2, 0.25) is 0 Å². The van der Waals surface area contributed by atoms with E-state index in [1.165, 1.54) is 17.7 Å². The number of anilines is 1. The van der Waals surface area contributed by atoms with Crippen molar-refractivity contribution in [3.63, 3.8) is 0 Å². The smallest absolute Gasteiger partial charge is 0.251 e. The number of hydrogen-bond donors (Lipinski definition) is 2. The van der Waals surface area contributed by atoms with E-state index in [2.05, 4.69) is 35.4 Å². The molecule has 2 heterocycles. The van der Waals surface area contributed by atoms with Crippen molar-refractivity contribution < 1.29 is 9.69 Å². The largest absolute Gasteiger partial charge is 0.356 e. The molecule has 28 heavy (non-hydrogen) atoms. The summed E-state index contributed by atoms with van der Waals surface area (Å²) >= 11 is 1.64. The van der Waals surface area contributed by atoms with E-state index >= 15 is 0 Å². The first-order valence-corrected chi connectivity index (χ1v) is 10.9. The molecule has 2 aromatic rings. The van der Waals surface area contributed by atoms with Crippen LogP contribution in [0.15, 0.2) is 35.5 Å². The highest BCUT2D eigenvalue weighted by atomic mass is 32.2. The minimum atomic E-state index is -0.0160. The van der Waals surface area contributed by atoms with Gasteiger partial charge < -0.3 is 15.1 Å². The summed E-state index contributed by atoms with van der Waals surface area (Å²) in [6.45, 7) is 5.79.